The lowest BCUT2D eigenvalue weighted by molar-refractivity contribution is 0.0147. The molecule has 4 aromatic rings. The molecule has 0 amide bonds. The molecular weight excluding hydrogens is 573 g/mol. The number of carbonyl (C=O) groups is 1. The highest BCUT2D eigenvalue weighted by molar-refractivity contribution is 7.22. The van der Waals surface area contributed by atoms with Crippen LogP contribution >= 0.6 is 34.5 Å². The molecule has 2 bridgehead atoms. The molecule has 1 aliphatic carbocycles. The lowest BCUT2D eigenvalue weighted by Gasteiger charge is -2.38. The van der Waals surface area contributed by atoms with Crippen molar-refractivity contribution in [3.8, 4) is 17.0 Å². The van der Waals surface area contributed by atoms with E-state index in [2.05, 4.69) is 10.1 Å². The van der Waals surface area contributed by atoms with Crippen LogP contribution in [0.1, 0.15) is 66.1 Å². The standard InChI is InChI=1S/C29H27Cl2N3O5S/c1-37-22-9-15(28(35)36)10-23-26(22)32-29(40-23)34-16-7-8-17(34)12-18(11-16)38-13-19-25(33-39-27(19)14-5-6-14)24-20(30)3-2-4-21(24)31/h2-4,9-10,14,16-18H,5-8,11-13H2,1H3,(H,35,36). The second-order valence-electron chi connectivity index (χ2n) is 10.8. The van der Waals surface area contributed by atoms with E-state index in [9.17, 15) is 9.90 Å². The van der Waals surface area contributed by atoms with Crippen LogP contribution in [0.2, 0.25) is 10.0 Å². The van der Waals surface area contributed by atoms with E-state index in [0.717, 1.165) is 59.7 Å². The topological polar surface area (TPSA) is 97.9 Å². The van der Waals surface area contributed by atoms with Crippen molar-refractivity contribution in [1.29, 1.82) is 0 Å². The minimum Gasteiger partial charge on any atom is -0.494 e. The maximum absolute atomic E-state index is 11.6. The molecule has 2 aliphatic heterocycles. The van der Waals surface area contributed by atoms with E-state index in [4.69, 9.17) is 42.2 Å². The van der Waals surface area contributed by atoms with Gasteiger partial charge in [-0.25, -0.2) is 9.78 Å². The Labute approximate surface area is 244 Å². The van der Waals surface area contributed by atoms with Gasteiger partial charge in [0.05, 0.1) is 40.1 Å². The fourth-order valence-electron chi connectivity index (χ4n) is 6.20. The van der Waals surface area contributed by atoms with Crippen LogP contribution in [0.5, 0.6) is 5.75 Å². The van der Waals surface area contributed by atoms with Crippen molar-refractivity contribution < 1.29 is 23.9 Å². The lowest BCUT2D eigenvalue weighted by atomic mass is 10.00. The van der Waals surface area contributed by atoms with Crippen LogP contribution in [0.15, 0.2) is 34.9 Å². The Balaban J connectivity index is 1.11. The quantitative estimate of drug-likeness (QED) is 0.221. The zero-order chi connectivity index (χ0) is 27.5. The van der Waals surface area contributed by atoms with Crippen LogP contribution in [0.4, 0.5) is 5.13 Å². The summed E-state index contributed by atoms with van der Waals surface area (Å²) in [6, 6.07) is 9.27. The number of hydrogen-bond acceptors (Lipinski definition) is 8. The van der Waals surface area contributed by atoms with E-state index in [1.165, 1.54) is 17.4 Å². The molecule has 7 rings (SSSR count). The third kappa shape index (κ3) is 4.53. The number of fused-ring (bicyclic) bond motifs is 3. The van der Waals surface area contributed by atoms with Gasteiger partial charge in [0.2, 0.25) is 0 Å². The van der Waals surface area contributed by atoms with Crippen molar-refractivity contribution in [2.24, 2.45) is 0 Å². The van der Waals surface area contributed by atoms with Gasteiger partial charge in [-0.15, -0.1) is 0 Å². The maximum atomic E-state index is 11.6. The molecule has 2 aromatic carbocycles. The van der Waals surface area contributed by atoms with E-state index in [-0.39, 0.29) is 11.7 Å². The first kappa shape index (κ1) is 26.1. The number of aromatic nitrogens is 2. The molecule has 3 fully saturated rings. The number of carboxylic acids is 1. The number of carboxylic acid groups (broad SMARTS) is 1. The van der Waals surface area contributed by atoms with Gasteiger partial charge in [0.1, 0.15) is 22.7 Å². The maximum Gasteiger partial charge on any atom is 0.335 e. The summed E-state index contributed by atoms with van der Waals surface area (Å²) in [7, 11) is 1.54. The van der Waals surface area contributed by atoms with Gasteiger partial charge in [-0.1, -0.05) is 45.8 Å². The fraction of sp³-hybridized carbons (Fsp3) is 0.414. The number of anilines is 1. The first-order valence-electron chi connectivity index (χ1n) is 13.5. The normalized spacial score (nSPS) is 22.3. The number of ether oxygens (including phenoxy) is 2. The molecule has 1 N–H and O–H groups in total. The summed E-state index contributed by atoms with van der Waals surface area (Å²) >= 11 is 14.6. The SMILES string of the molecule is COc1cc(C(=O)O)cc2sc(N3C4CCC3CC(OCc3c(-c5c(Cl)cccc5Cl)noc3C3CC3)C4)nc12. The minimum atomic E-state index is -0.981. The molecule has 208 valence electrons. The van der Waals surface area contributed by atoms with Gasteiger partial charge in [-0.2, -0.15) is 0 Å². The van der Waals surface area contributed by atoms with Crippen LogP contribution in [0.25, 0.3) is 21.5 Å². The molecule has 2 aromatic heterocycles. The zero-order valence-electron chi connectivity index (χ0n) is 21.7. The highest BCUT2D eigenvalue weighted by Crippen LogP contribution is 2.47. The van der Waals surface area contributed by atoms with Crippen LogP contribution < -0.4 is 9.64 Å². The van der Waals surface area contributed by atoms with Gasteiger partial charge in [-0.05, 0) is 62.8 Å². The first-order valence-corrected chi connectivity index (χ1v) is 15.0. The predicted molar refractivity (Wildman–Crippen MR) is 154 cm³/mol. The number of rotatable bonds is 8. The number of halogens is 2. The molecular formula is C29H27Cl2N3O5S. The summed E-state index contributed by atoms with van der Waals surface area (Å²) in [5, 5.41) is 15.9. The highest BCUT2D eigenvalue weighted by atomic mass is 35.5. The first-order chi connectivity index (χ1) is 19.4. The van der Waals surface area contributed by atoms with Crippen molar-refractivity contribution in [3.05, 3.63) is 57.3 Å². The third-order valence-electron chi connectivity index (χ3n) is 8.26. The summed E-state index contributed by atoms with van der Waals surface area (Å²) in [6.45, 7) is 0.395. The van der Waals surface area contributed by atoms with E-state index >= 15 is 0 Å². The van der Waals surface area contributed by atoms with Gasteiger partial charge in [0.25, 0.3) is 0 Å². The summed E-state index contributed by atoms with van der Waals surface area (Å²) in [4.78, 5) is 18.9. The fourth-order valence-corrected chi connectivity index (χ4v) is 7.94. The summed E-state index contributed by atoms with van der Waals surface area (Å²) in [6.07, 6.45) is 6.17. The Bertz CT molecular complexity index is 1580. The largest absolute Gasteiger partial charge is 0.494 e. The van der Waals surface area contributed by atoms with Gasteiger partial charge in [-0.3, -0.25) is 0 Å². The van der Waals surface area contributed by atoms with E-state index < -0.39 is 5.97 Å². The molecule has 8 nitrogen and oxygen atoms in total. The van der Waals surface area contributed by atoms with E-state index in [0.29, 0.717) is 57.2 Å². The van der Waals surface area contributed by atoms with Crippen LogP contribution in [-0.2, 0) is 11.3 Å². The van der Waals surface area contributed by atoms with Gasteiger partial charge in [0, 0.05) is 29.1 Å². The number of aromatic carboxylic acids is 1. The van der Waals surface area contributed by atoms with E-state index in [1.54, 1.807) is 13.2 Å². The van der Waals surface area contributed by atoms with Gasteiger partial charge >= 0.3 is 5.97 Å². The number of nitrogens with zero attached hydrogens (tertiary/aromatic N) is 3. The molecule has 11 heteroatoms. The molecule has 40 heavy (non-hydrogen) atoms. The Morgan fingerprint density at radius 3 is 2.52 bits per heavy atom. The van der Waals surface area contributed by atoms with Crippen molar-refractivity contribution in [2.75, 3.05) is 12.0 Å². The van der Waals surface area contributed by atoms with Gasteiger partial charge < -0.3 is 24.0 Å². The number of piperidine rings is 1. The zero-order valence-corrected chi connectivity index (χ0v) is 24.1. The average molecular weight is 601 g/mol. The number of hydrogen-bond donors (Lipinski definition) is 1. The minimum absolute atomic E-state index is 0.0906. The molecule has 2 unspecified atom stereocenters. The predicted octanol–water partition coefficient (Wildman–Crippen LogP) is 7.56. The Hall–Kier alpha value is -2.85. The Morgan fingerprint density at radius 1 is 1.15 bits per heavy atom. The molecule has 3 aliphatic rings. The molecule has 1 saturated carbocycles. The van der Waals surface area contributed by atoms with Gasteiger partial charge in [0.15, 0.2) is 5.13 Å². The van der Waals surface area contributed by atoms with Crippen LogP contribution in [0, 0.1) is 0 Å². The second kappa shape index (κ2) is 10.2. The van der Waals surface area contributed by atoms with Crippen molar-refractivity contribution in [2.45, 2.75) is 69.2 Å². The lowest BCUT2D eigenvalue weighted by Crippen LogP contribution is -2.45. The number of benzene rings is 2. The monoisotopic (exact) mass is 599 g/mol. The number of thiazole rings is 1. The Morgan fingerprint density at radius 2 is 1.88 bits per heavy atom. The second-order valence-corrected chi connectivity index (χ2v) is 12.6. The highest BCUT2D eigenvalue weighted by Gasteiger charge is 2.43. The van der Waals surface area contributed by atoms with Crippen molar-refractivity contribution in [3.63, 3.8) is 0 Å². The molecule has 2 atom stereocenters. The summed E-state index contributed by atoms with van der Waals surface area (Å²) < 4.78 is 18.7. The molecule has 2 saturated heterocycles. The molecule has 4 heterocycles. The van der Waals surface area contributed by atoms with Crippen LogP contribution in [-0.4, -0.2) is 46.5 Å². The number of methoxy groups -OCH3 is 1. The molecule has 0 radical (unpaired) electrons. The van der Waals surface area contributed by atoms with Crippen molar-refractivity contribution >= 4 is 55.9 Å². The summed E-state index contributed by atoms with van der Waals surface area (Å²) in [5.41, 5.74) is 3.21. The third-order valence-corrected chi connectivity index (χ3v) is 9.90. The van der Waals surface area contributed by atoms with Crippen LogP contribution in [0.3, 0.4) is 0 Å². The molecule has 0 spiro atoms. The van der Waals surface area contributed by atoms with Crippen molar-refractivity contribution in [1.82, 2.24) is 10.1 Å². The summed E-state index contributed by atoms with van der Waals surface area (Å²) in [5.74, 6) is 0.760. The van der Waals surface area contributed by atoms with E-state index in [1.807, 2.05) is 18.2 Å². The Kier molecular flexibility index (Phi) is 6.65. The smallest absolute Gasteiger partial charge is 0.335 e. The average Bonchev–Trinajstić information content (AvgIpc) is 3.46.